The van der Waals surface area contributed by atoms with Crippen LogP contribution in [0.15, 0.2) is 28.7 Å². The summed E-state index contributed by atoms with van der Waals surface area (Å²) < 4.78 is 6.29. The van der Waals surface area contributed by atoms with Crippen LogP contribution in [0.2, 0.25) is 0 Å². The summed E-state index contributed by atoms with van der Waals surface area (Å²) in [5.41, 5.74) is 1.14. The minimum absolute atomic E-state index is 0.774. The van der Waals surface area contributed by atoms with Crippen LogP contribution < -0.4 is 5.32 Å². The van der Waals surface area contributed by atoms with E-state index in [1.165, 1.54) is 0 Å². The van der Waals surface area contributed by atoms with Crippen LogP contribution in [-0.4, -0.2) is 6.54 Å². The van der Waals surface area contributed by atoms with Crippen LogP contribution >= 0.6 is 22.6 Å². The molecule has 1 aromatic rings. The molecule has 1 N–H and O–H groups in total. The van der Waals surface area contributed by atoms with Gasteiger partial charge in [0.2, 0.25) is 0 Å². The van der Waals surface area contributed by atoms with E-state index < -0.39 is 0 Å². The Kier molecular flexibility index (Phi) is 3.81. The van der Waals surface area contributed by atoms with E-state index in [0.29, 0.717) is 0 Å². The van der Waals surface area contributed by atoms with Gasteiger partial charge in [0.25, 0.3) is 0 Å². The van der Waals surface area contributed by atoms with Crippen molar-refractivity contribution in [3.8, 4) is 0 Å². The van der Waals surface area contributed by atoms with Crippen molar-refractivity contribution in [2.45, 2.75) is 13.5 Å². The zero-order valence-electron chi connectivity index (χ0n) is 7.06. The van der Waals surface area contributed by atoms with Gasteiger partial charge >= 0.3 is 0 Å². The minimum atomic E-state index is 0.774. The van der Waals surface area contributed by atoms with Crippen LogP contribution in [0.5, 0.6) is 0 Å². The number of halogens is 1. The van der Waals surface area contributed by atoms with Gasteiger partial charge in [-0.15, -0.1) is 0 Å². The van der Waals surface area contributed by atoms with Crippen molar-refractivity contribution in [2.75, 3.05) is 6.54 Å². The number of hydrogen-bond donors (Lipinski definition) is 1. The fraction of sp³-hybridized carbons (Fsp3) is 0.333. The predicted octanol–water partition coefficient (Wildman–Crippen LogP) is 2.55. The first-order valence-corrected chi connectivity index (χ1v) is 4.85. The highest BCUT2D eigenvalue weighted by Gasteiger charge is 1.97. The molecule has 0 unspecified atom stereocenters. The molecule has 1 rings (SSSR count). The Morgan fingerprint density at radius 1 is 1.67 bits per heavy atom. The summed E-state index contributed by atoms with van der Waals surface area (Å²) in [6, 6.07) is 3.94. The van der Waals surface area contributed by atoms with Gasteiger partial charge in [-0.3, -0.25) is 0 Å². The molecule has 0 fully saturated rings. The molecule has 0 aliphatic carbocycles. The molecule has 0 aliphatic heterocycles. The number of furan rings is 1. The lowest BCUT2D eigenvalue weighted by Crippen LogP contribution is -2.14. The van der Waals surface area contributed by atoms with Crippen LogP contribution in [0.1, 0.15) is 12.7 Å². The van der Waals surface area contributed by atoms with Crippen molar-refractivity contribution in [3.05, 3.63) is 33.8 Å². The van der Waals surface area contributed by atoms with Gasteiger partial charge in [-0.2, -0.15) is 0 Å². The molecule has 0 atom stereocenters. The fourth-order valence-corrected chi connectivity index (χ4v) is 1.31. The van der Waals surface area contributed by atoms with Crippen molar-refractivity contribution in [2.24, 2.45) is 0 Å². The summed E-state index contributed by atoms with van der Waals surface area (Å²) in [4.78, 5) is 0. The van der Waals surface area contributed by atoms with Crippen molar-refractivity contribution >= 4 is 22.6 Å². The fourth-order valence-electron chi connectivity index (χ4n) is 0.846. The zero-order valence-corrected chi connectivity index (χ0v) is 9.22. The highest BCUT2D eigenvalue weighted by molar-refractivity contribution is 14.1. The Hall–Kier alpha value is -0.290. The van der Waals surface area contributed by atoms with E-state index in [2.05, 4.69) is 34.5 Å². The second-order valence-electron chi connectivity index (χ2n) is 2.77. The van der Waals surface area contributed by atoms with Gasteiger partial charge in [-0.25, -0.2) is 0 Å². The molecule has 0 spiro atoms. The monoisotopic (exact) mass is 277 g/mol. The van der Waals surface area contributed by atoms with Gasteiger partial charge in [-0.05, 0) is 41.6 Å². The summed E-state index contributed by atoms with van der Waals surface area (Å²) in [7, 11) is 0. The van der Waals surface area contributed by atoms with E-state index in [-0.39, 0.29) is 0 Å². The molecule has 1 aromatic heterocycles. The van der Waals surface area contributed by atoms with Crippen LogP contribution in [-0.2, 0) is 6.54 Å². The Labute approximate surface area is 86.2 Å². The molecule has 0 radical (unpaired) electrons. The predicted molar refractivity (Wildman–Crippen MR) is 57.9 cm³/mol. The number of rotatable bonds is 4. The first kappa shape index (κ1) is 9.80. The van der Waals surface area contributed by atoms with Gasteiger partial charge in [0, 0.05) is 6.54 Å². The molecular formula is C9H12INO. The first-order valence-electron chi connectivity index (χ1n) is 3.78. The summed E-state index contributed by atoms with van der Waals surface area (Å²) in [6.07, 6.45) is 0. The summed E-state index contributed by atoms with van der Waals surface area (Å²) in [5, 5.41) is 3.22. The lowest BCUT2D eigenvalue weighted by molar-refractivity contribution is 0.468. The largest absolute Gasteiger partial charge is 0.454 e. The third-order valence-corrected chi connectivity index (χ3v) is 1.93. The third kappa shape index (κ3) is 3.40. The smallest absolute Gasteiger partial charge is 0.164 e. The molecule has 3 heteroatoms. The molecule has 2 nitrogen and oxygen atoms in total. The second kappa shape index (κ2) is 4.67. The molecule has 1 heterocycles. The molecule has 0 saturated carbocycles. The zero-order chi connectivity index (χ0) is 8.97. The standard InChI is InChI=1S/C9H12INO/c1-7(2)5-11-6-8-3-4-9(10)12-8/h3-4,11H,1,5-6H2,2H3. The van der Waals surface area contributed by atoms with E-state index in [9.17, 15) is 0 Å². The quantitative estimate of drug-likeness (QED) is 0.676. The van der Waals surface area contributed by atoms with Gasteiger partial charge in [-0.1, -0.05) is 12.2 Å². The Morgan fingerprint density at radius 2 is 2.42 bits per heavy atom. The highest BCUT2D eigenvalue weighted by atomic mass is 127. The van der Waals surface area contributed by atoms with Crippen LogP contribution in [0.25, 0.3) is 0 Å². The van der Waals surface area contributed by atoms with Crippen molar-refractivity contribution < 1.29 is 4.42 Å². The van der Waals surface area contributed by atoms with Crippen molar-refractivity contribution in [3.63, 3.8) is 0 Å². The van der Waals surface area contributed by atoms with E-state index >= 15 is 0 Å². The summed E-state index contributed by atoms with van der Waals surface area (Å²) >= 11 is 2.15. The van der Waals surface area contributed by atoms with E-state index in [1.807, 2.05) is 19.1 Å². The van der Waals surface area contributed by atoms with E-state index in [1.54, 1.807) is 0 Å². The molecule has 0 aliphatic rings. The lowest BCUT2D eigenvalue weighted by atomic mass is 10.3. The van der Waals surface area contributed by atoms with Gasteiger partial charge in [0.05, 0.1) is 6.54 Å². The van der Waals surface area contributed by atoms with Gasteiger partial charge in [0.1, 0.15) is 5.76 Å². The highest BCUT2D eigenvalue weighted by Crippen LogP contribution is 2.09. The third-order valence-electron chi connectivity index (χ3n) is 1.35. The lowest BCUT2D eigenvalue weighted by Gasteiger charge is -2.00. The number of hydrogen-bond acceptors (Lipinski definition) is 2. The maximum atomic E-state index is 5.36. The van der Waals surface area contributed by atoms with E-state index in [0.717, 1.165) is 28.2 Å². The second-order valence-corrected chi connectivity index (χ2v) is 3.83. The van der Waals surface area contributed by atoms with Crippen LogP contribution in [0.3, 0.4) is 0 Å². The molecule has 0 saturated heterocycles. The first-order chi connectivity index (χ1) is 5.68. The van der Waals surface area contributed by atoms with Crippen LogP contribution in [0.4, 0.5) is 0 Å². The molecular weight excluding hydrogens is 265 g/mol. The molecule has 0 aromatic carbocycles. The van der Waals surface area contributed by atoms with Crippen molar-refractivity contribution in [1.82, 2.24) is 5.32 Å². The molecule has 0 bridgehead atoms. The topological polar surface area (TPSA) is 25.2 Å². The minimum Gasteiger partial charge on any atom is -0.454 e. The Balaban J connectivity index is 2.29. The molecule has 12 heavy (non-hydrogen) atoms. The summed E-state index contributed by atoms with van der Waals surface area (Å²) in [6.45, 7) is 7.41. The van der Waals surface area contributed by atoms with E-state index in [4.69, 9.17) is 4.42 Å². The van der Waals surface area contributed by atoms with Gasteiger partial charge < -0.3 is 9.73 Å². The Bertz CT molecular complexity index is 267. The molecule has 66 valence electrons. The van der Waals surface area contributed by atoms with Crippen molar-refractivity contribution in [1.29, 1.82) is 0 Å². The SMILES string of the molecule is C=C(C)CNCc1ccc(I)o1. The average molecular weight is 277 g/mol. The van der Waals surface area contributed by atoms with Gasteiger partial charge in [0.15, 0.2) is 3.77 Å². The number of nitrogens with one attached hydrogen (secondary N) is 1. The maximum Gasteiger partial charge on any atom is 0.164 e. The van der Waals surface area contributed by atoms with Crippen LogP contribution in [0, 0.1) is 3.77 Å². The normalized spacial score (nSPS) is 10.2. The average Bonchev–Trinajstić information content (AvgIpc) is 2.35. The maximum absolute atomic E-state index is 5.36. The summed E-state index contributed by atoms with van der Waals surface area (Å²) in [5.74, 6) is 0.973. The Morgan fingerprint density at radius 3 is 2.92 bits per heavy atom. The molecule has 0 amide bonds.